The van der Waals surface area contributed by atoms with E-state index in [1.807, 2.05) is 6.07 Å². The van der Waals surface area contributed by atoms with E-state index in [1.165, 1.54) is 6.42 Å². The number of hydrogen-bond donors (Lipinski definition) is 1. The van der Waals surface area contributed by atoms with Gasteiger partial charge in [0.25, 0.3) is 0 Å². The summed E-state index contributed by atoms with van der Waals surface area (Å²) in [5.41, 5.74) is 1.07. The molecule has 2 heterocycles. The normalized spacial score (nSPS) is 19.2. The van der Waals surface area contributed by atoms with Crippen molar-refractivity contribution in [3.8, 4) is 5.75 Å². The minimum atomic E-state index is 0.505. The molecule has 1 saturated heterocycles. The molecule has 1 aliphatic rings. The lowest BCUT2D eigenvalue weighted by molar-refractivity contribution is 0.217. The second-order valence-corrected chi connectivity index (χ2v) is 4.48. The summed E-state index contributed by atoms with van der Waals surface area (Å²) in [7, 11) is 0. The Morgan fingerprint density at radius 2 is 2.44 bits per heavy atom. The summed E-state index contributed by atoms with van der Waals surface area (Å²) >= 11 is 6.00. The van der Waals surface area contributed by atoms with Crippen LogP contribution >= 0.6 is 11.6 Å². The smallest absolute Gasteiger partial charge is 0.138 e. The van der Waals surface area contributed by atoms with Crippen LogP contribution in [0.1, 0.15) is 25.3 Å². The van der Waals surface area contributed by atoms with Crippen LogP contribution in [0.3, 0.4) is 0 Å². The standard InChI is InChI=1S/C12H17ClN2O/c1-2-3-9-6-11(7-15-12(9)13)16-8-10-4-5-14-10/h6-7,10,14H,2-5,8H2,1H3/t10-/m0/s1. The van der Waals surface area contributed by atoms with Gasteiger partial charge in [-0.05, 0) is 31.0 Å². The molecular weight excluding hydrogens is 224 g/mol. The van der Waals surface area contributed by atoms with Crippen LogP contribution in [-0.4, -0.2) is 24.2 Å². The van der Waals surface area contributed by atoms with Gasteiger partial charge in [0.05, 0.1) is 6.20 Å². The van der Waals surface area contributed by atoms with Crippen LogP contribution in [0.4, 0.5) is 0 Å². The number of aromatic nitrogens is 1. The van der Waals surface area contributed by atoms with Crippen LogP contribution < -0.4 is 10.1 Å². The third-order valence-corrected chi connectivity index (χ3v) is 3.12. The van der Waals surface area contributed by atoms with E-state index < -0.39 is 0 Å². The number of nitrogens with one attached hydrogen (secondary N) is 1. The molecule has 0 amide bonds. The third-order valence-electron chi connectivity index (χ3n) is 2.78. The largest absolute Gasteiger partial charge is 0.490 e. The van der Waals surface area contributed by atoms with Gasteiger partial charge >= 0.3 is 0 Å². The first kappa shape index (κ1) is 11.7. The lowest BCUT2D eigenvalue weighted by atomic mass is 10.1. The number of hydrogen-bond acceptors (Lipinski definition) is 3. The van der Waals surface area contributed by atoms with Crippen LogP contribution in [0.5, 0.6) is 5.75 Å². The maximum Gasteiger partial charge on any atom is 0.138 e. The molecule has 16 heavy (non-hydrogen) atoms. The Morgan fingerprint density at radius 1 is 1.62 bits per heavy atom. The van der Waals surface area contributed by atoms with Crippen LogP contribution in [0.25, 0.3) is 0 Å². The Kier molecular flexibility index (Phi) is 4.02. The van der Waals surface area contributed by atoms with Gasteiger partial charge in [0.2, 0.25) is 0 Å². The first-order valence-electron chi connectivity index (χ1n) is 5.80. The van der Waals surface area contributed by atoms with E-state index >= 15 is 0 Å². The van der Waals surface area contributed by atoms with Crippen molar-refractivity contribution in [3.05, 3.63) is 23.0 Å². The van der Waals surface area contributed by atoms with Crippen molar-refractivity contribution in [3.63, 3.8) is 0 Å². The van der Waals surface area contributed by atoms with Gasteiger partial charge in [-0.1, -0.05) is 24.9 Å². The molecule has 0 saturated carbocycles. The average molecular weight is 241 g/mol. The SMILES string of the molecule is CCCc1cc(OC[C@@H]2CCN2)cnc1Cl. The van der Waals surface area contributed by atoms with Crippen molar-refractivity contribution in [2.24, 2.45) is 0 Å². The lowest BCUT2D eigenvalue weighted by Gasteiger charge is -2.27. The molecule has 1 N–H and O–H groups in total. The summed E-state index contributed by atoms with van der Waals surface area (Å²) in [5.74, 6) is 0.821. The third kappa shape index (κ3) is 2.86. The molecule has 0 bridgehead atoms. The lowest BCUT2D eigenvalue weighted by Crippen LogP contribution is -2.46. The Balaban J connectivity index is 1.94. The number of rotatable bonds is 5. The molecule has 88 valence electrons. The highest BCUT2D eigenvalue weighted by Gasteiger charge is 2.16. The fraction of sp³-hybridized carbons (Fsp3) is 0.583. The number of aryl methyl sites for hydroxylation is 1. The minimum Gasteiger partial charge on any atom is -0.490 e. The van der Waals surface area contributed by atoms with Crippen LogP contribution in [-0.2, 0) is 6.42 Å². The Morgan fingerprint density at radius 3 is 3.06 bits per heavy atom. The van der Waals surface area contributed by atoms with Crippen molar-refractivity contribution in [1.29, 1.82) is 0 Å². The van der Waals surface area contributed by atoms with Gasteiger partial charge < -0.3 is 10.1 Å². The van der Waals surface area contributed by atoms with E-state index in [4.69, 9.17) is 16.3 Å². The zero-order valence-corrected chi connectivity index (χ0v) is 10.3. The molecule has 1 aromatic rings. The molecule has 0 aromatic carbocycles. The molecule has 0 spiro atoms. The molecule has 3 nitrogen and oxygen atoms in total. The summed E-state index contributed by atoms with van der Waals surface area (Å²) in [5, 5.41) is 3.89. The summed E-state index contributed by atoms with van der Waals surface area (Å²) < 4.78 is 5.67. The van der Waals surface area contributed by atoms with Gasteiger partial charge in [-0.25, -0.2) is 4.98 Å². The molecular formula is C12H17ClN2O. The molecule has 1 atom stereocenters. The number of ether oxygens (including phenoxy) is 1. The second kappa shape index (κ2) is 5.51. The van der Waals surface area contributed by atoms with Gasteiger partial charge in [-0.3, -0.25) is 0 Å². The van der Waals surface area contributed by atoms with Crippen molar-refractivity contribution < 1.29 is 4.74 Å². The molecule has 1 aliphatic heterocycles. The summed E-state index contributed by atoms with van der Waals surface area (Å²) in [6.45, 7) is 3.95. The van der Waals surface area contributed by atoms with E-state index in [-0.39, 0.29) is 0 Å². The maximum atomic E-state index is 6.00. The molecule has 1 aromatic heterocycles. The van der Waals surface area contributed by atoms with Crippen LogP contribution in [0, 0.1) is 0 Å². The van der Waals surface area contributed by atoms with E-state index in [9.17, 15) is 0 Å². The number of halogens is 1. The Hall–Kier alpha value is -0.800. The van der Waals surface area contributed by atoms with Crippen molar-refractivity contribution in [2.75, 3.05) is 13.2 Å². The molecule has 0 unspecified atom stereocenters. The van der Waals surface area contributed by atoms with E-state index in [1.54, 1.807) is 6.20 Å². The van der Waals surface area contributed by atoms with Crippen LogP contribution in [0.15, 0.2) is 12.3 Å². The predicted molar refractivity (Wildman–Crippen MR) is 65.1 cm³/mol. The monoisotopic (exact) mass is 240 g/mol. The highest BCUT2D eigenvalue weighted by Crippen LogP contribution is 2.21. The first-order valence-corrected chi connectivity index (χ1v) is 6.18. The zero-order valence-electron chi connectivity index (χ0n) is 9.50. The number of pyridine rings is 1. The van der Waals surface area contributed by atoms with Gasteiger partial charge in [-0.15, -0.1) is 0 Å². The molecule has 4 heteroatoms. The fourth-order valence-corrected chi connectivity index (χ4v) is 1.88. The van der Waals surface area contributed by atoms with Gasteiger partial charge in [-0.2, -0.15) is 0 Å². The maximum absolute atomic E-state index is 6.00. The predicted octanol–water partition coefficient (Wildman–Crippen LogP) is 2.43. The molecule has 0 aliphatic carbocycles. The summed E-state index contributed by atoms with van der Waals surface area (Å²) in [6, 6.07) is 2.50. The zero-order chi connectivity index (χ0) is 11.4. The van der Waals surface area contributed by atoms with Crippen molar-refractivity contribution in [1.82, 2.24) is 10.3 Å². The van der Waals surface area contributed by atoms with Gasteiger partial charge in [0.1, 0.15) is 17.5 Å². The van der Waals surface area contributed by atoms with Gasteiger partial charge in [0, 0.05) is 6.04 Å². The van der Waals surface area contributed by atoms with Gasteiger partial charge in [0.15, 0.2) is 0 Å². The molecule has 2 rings (SSSR count). The summed E-state index contributed by atoms with van der Waals surface area (Å²) in [4.78, 5) is 4.14. The topological polar surface area (TPSA) is 34.1 Å². The van der Waals surface area contributed by atoms with Crippen molar-refractivity contribution in [2.45, 2.75) is 32.2 Å². The first-order chi connectivity index (χ1) is 7.79. The highest BCUT2D eigenvalue weighted by molar-refractivity contribution is 6.30. The molecule has 1 fully saturated rings. The number of nitrogens with zero attached hydrogens (tertiary/aromatic N) is 1. The second-order valence-electron chi connectivity index (χ2n) is 4.12. The van der Waals surface area contributed by atoms with E-state index in [0.29, 0.717) is 11.2 Å². The quantitative estimate of drug-likeness (QED) is 0.803. The van der Waals surface area contributed by atoms with E-state index in [0.717, 1.165) is 37.3 Å². The molecule has 0 radical (unpaired) electrons. The van der Waals surface area contributed by atoms with Crippen LogP contribution in [0.2, 0.25) is 5.15 Å². The average Bonchev–Trinajstić information content (AvgIpc) is 2.21. The van der Waals surface area contributed by atoms with E-state index in [2.05, 4.69) is 17.2 Å². The van der Waals surface area contributed by atoms with Crippen molar-refractivity contribution >= 4 is 11.6 Å². The minimum absolute atomic E-state index is 0.505. The summed E-state index contributed by atoms with van der Waals surface area (Å²) in [6.07, 6.45) is 4.91. The fourth-order valence-electron chi connectivity index (χ4n) is 1.68. The Bertz CT molecular complexity index is 353. The Labute approximate surface area is 101 Å². The highest BCUT2D eigenvalue weighted by atomic mass is 35.5.